The number of aromatic nitrogens is 1. The molecule has 1 aromatic carbocycles. The van der Waals surface area contributed by atoms with Crippen molar-refractivity contribution in [2.75, 3.05) is 7.11 Å². The van der Waals surface area contributed by atoms with Gasteiger partial charge in [-0.2, -0.15) is 0 Å². The zero-order chi connectivity index (χ0) is 11.4. The fourth-order valence-corrected chi connectivity index (χ4v) is 1.52. The first-order chi connectivity index (χ1) is 7.85. The second kappa shape index (κ2) is 4.57. The smallest absolute Gasteiger partial charge is 0.212 e. The second-order valence-electron chi connectivity index (χ2n) is 3.29. The molecule has 0 spiro atoms. The lowest BCUT2D eigenvalue weighted by Crippen LogP contribution is -1.90. The van der Waals surface area contributed by atoms with E-state index in [1.54, 1.807) is 25.4 Å². The van der Waals surface area contributed by atoms with Crippen molar-refractivity contribution in [3.63, 3.8) is 0 Å². The van der Waals surface area contributed by atoms with E-state index in [1.165, 1.54) is 0 Å². The van der Waals surface area contributed by atoms with Crippen molar-refractivity contribution in [1.82, 2.24) is 4.98 Å². The Morgan fingerprint density at radius 1 is 1.19 bits per heavy atom. The molecular weight excluding hydrogens is 202 g/mol. The third-order valence-electron chi connectivity index (χ3n) is 2.34. The van der Waals surface area contributed by atoms with Crippen LogP contribution in [0.3, 0.4) is 0 Å². The lowest BCUT2D eigenvalue weighted by molar-refractivity contribution is 0.112. The van der Waals surface area contributed by atoms with E-state index >= 15 is 0 Å². The van der Waals surface area contributed by atoms with Crippen LogP contribution in [0.15, 0.2) is 42.6 Å². The van der Waals surface area contributed by atoms with Crippen LogP contribution in [0.5, 0.6) is 5.88 Å². The molecule has 1 heterocycles. The number of aldehydes is 1. The lowest BCUT2D eigenvalue weighted by Gasteiger charge is -2.05. The molecular formula is C13H11NO2. The van der Waals surface area contributed by atoms with Gasteiger partial charge < -0.3 is 4.74 Å². The van der Waals surface area contributed by atoms with Gasteiger partial charge in [-0.05, 0) is 11.6 Å². The Labute approximate surface area is 93.7 Å². The maximum absolute atomic E-state index is 10.9. The number of ether oxygens (including phenoxy) is 1. The molecule has 2 rings (SSSR count). The topological polar surface area (TPSA) is 39.2 Å². The molecule has 0 aliphatic rings. The van der Waals surface area contributed by atoms with E-state index in [9.17, 15) is 4.79 Å². The Bertz CT molecular complexity index is 492. The molecule has 0 saturated carbocycles. The first-order valence-corrected chi connectivity index (χ1v) is 4.90. The number of carbonyl (C=O) groups is 1. The number of nitrogens with zero attached hydrogens (tertiary/aromatic N) is 1. The maximum Gasteiger partial charge on any atom is 0.212 e. The van der Waals surface area contributed by atoms with Gasteiger partial charge in [0, 0.05) is 23.4 Å². The highest BCUT2D eigenvalue weighted by Crippen LogP contribution is 2.22. The van der Waals surface area contributed by atoms with Gasteiger partial charge in [-0.1, -0.05) is 24.3 Å². The minimum Gasteiger partial charge on any atom is -0.481 e. The first kappa shape index (κ1) is 10.4. The summed E-state index contributed by atoms with van der Waals surface area (Å²) in [6.45, 7) is 0. The lowest BCUT2D eigenvalue weighted by atomic mass is 10.0. The third-order valence-corrected chi connectivity index (χ3v) is 2.34. The Hall–Kier alpha value is -2.16. The fourth-order valence-electron chi connectivity index (χ4n) is 1.52. The molecule has 80 valence electrons. The van der Waals surface area contributed by atoms with Crippen LogP contribution in [0.1, 0.15) is 10.4 Å². The van der Waals surface area contributed by atoms with Gasteiger partial charge >= 0.3 is 0 Å². The molecule has 3 nitrogen and oxygen atoms in total. The van der Waals surface area contributed by atoms with Crippen LogP contribution in [-0.4, -0.2) is 18.4 Å². The van der Waals surface area contributed by atoms with Gasteiger partial charge in [0.15, 0.2) is 6.29 Å². The van der Waals surface area contributed by atoms with Crippen molar-refractivity contribution >= 4 is 6.29 Å². The van der Waals surface area contributed by atoms with Gasteiger partial charge in [-0.25, -0.2) is 4.98 Å². The number of hydrogen-bond acceptors (Lipinski definition) is 3. The quantitative estimate of drug-likeness (QED) is 0.735. The van der Waals surface area contributed by atoms with Crippen LogP contribution in [-0.2, 0) is 0 Å². The van der Waals surface area contributed by atoms with Gasteiger partial charge in [0.2, 0.25) is 5.88 Å². The first-order valence-electron chi connectivity index (χ1n) is 4.90. The molecule has 0 aliphatic carbocycles. The predicted molar refractivity (Wildman–Crippen MR) is 61.6 cm³/mol. The summed E-state index contributed by atoms with van der Waals surface area (Å²) in [5.41, 5.74) is 2.45. The number of rotatable bonds is 3. The molecule has 0 amide bonds. The van der Waals surface area contributed by atoms with E-state index < -0.39 is 0 Å². The highest BCUT2D eigenvalue weighted by molar-refractivity contribution is 5.87. The highest BCUT2D eigenvalue weighted by atomic mass is 16.5. The standard InChI is InChI=1S/C13H11NO2/c1-16-13-7-6-10(8-14-13)12-5-3-2-4-11(12)9-15/h2-9H,1H3. The summed E-state index contributed by atoms with van der Waals surface area (Å²) in [6.07, 6.45) is 2.54. The zero-order valence-corrected chi connectivity index (χ0v) is 8.88. The molecule has 2 aromatic rings. The number of pyridine rings is 1. The molecule has 0 unspecified atom stereocenters. The summed E-state index contributed by atoms with van der Waals surface area (Å²) in [7, 11) is 1.57. The predicted octanol–water partition coefficient (Wildman–Crippen LogP) is 2.57. The van der Waals surface area contributed by atoms with Crippen LogP contribution in [0.4, 0.5) is 0 Å². The fraction of sp³-hybridized carbons (Fsp3) is 0.0769. The molecule has 0 aliphatic heterocycles. The SMILES string of the molecule is COc1ccc(-c2ccccc2C=O)cn1. The van der Waals surface area contributed by atoms with Crippen molar-refractivity contribution in [1.29, 1.82) is 0 Å². The van der Waals surface area contributed by atoms with Crippen molar-refractivity contribution in [2.24, 2.45) is 0 Å². The maximum atomic E-state index is 10.9. The zero-order valence-electron chi connectivity index (χ0n) is 8.88. The normalized spacial score (nSPS) is 9.81. The summed E-state index contributed by atoms with van der Waals surface area (Å²) in [4.78, 5) is 15.0. The van der Waals surface area contributed by atoms with Crippen LogP contribution in [0.2, 0.25) is 0 Å². The molecule has 0 atom stereocenters. The van der Waals surface area contributed by atoms with Gasteiger partial charge in [-0.3, -0.25) is 4.79 Å². The second-order valence-corrected chi connectivity index (χ2v) is 3.29. The molecule has 16 heavy (non-hydrogen) atoms. The molecule has 0 N–H and O–H groups in total. The Balaban J connectivity index is 2.46. The van der Waals surface area contributed by atoms with Gasteiger partial charge in [-0.15, -0.1) is 0 Å². The minimum absolute atomic E-state index is 0.562. The van der Waals surface area contributed by atoms with Crippen molar-refractivity contribution in [3.8, 4) is 17.0 Å². The molecule has 0 saturated heterocycles. The van der Waals surface area contributed by atoms with E-state index in [0.29, 0.717) is 11.4 Å². The number of benzene rings is 1. The van der Waals surface area contributed by atoms with Gasteiger partial charge in [0.25, 0.3) is 0 Å². The van der Waals surface area contributed by atoms with Crippen LogP contribution < -0.4 is 4.74 Å². The van der Waals surface area contributed by atoms with Crippen LogP contribution in [0.25, 0.3) is 11.1 Å². The van der Waals surface area contributed by atoms with Crippen molar-refractivity contribution in [2.45, 2.75) is 0 Å². The van der Waals surface area contributed by atoms with E-state index in [-0.39, 0.29) is 0 Å². The highest BCUT2D eigenvalue weighted by Gasteiger charge is 2.03. The number of carbonyl (C=O) groups excluding carboxylic acids is 1. The molecule has 0 bridgehead atoms. The van der Waals surface area contributed by atoms with Gasteiger partial charge in [0.1, 0.15) is 0 Å². The number of hydrogen-bond donors (Lipinski definition) is 0. The average Bonchev–Trinajstić information content (AvgIpc) is 2.39. The molecule has 3 heteroatoms. The van der Waals surface area contributed by atoms with Crippen LogP contribution >= 0.6 is 0 Å². The Morgan fingerprint density at radius 2 is 2.00 bits per heavy atom. The average molecular weight is 213 g/mol. The van der Waals surface area contributed by atoms with Crippen molar-refractivity contribution in [3.05, 3.63) is 48.2 Å². The summed E-state index contributed by atoms with van der Waals surface area (Å²) in [6, 6.07) is 11.1. The Morgan fingerprint density at radius 3 is 2.62 bits per heavy atom. The molecule has 0 radical (unpaired) electrons. The van der Waals surface area contributed by atoms with E-state index in [0.717, 1.165) is 17.4 Å². The van der Waals surface area contributed by atoms with E-state index in [2.05, 4.69) is 4.98 Å². The largest absolute Gasteiger partial charge is 0.481 e. The van der Waals surface area contributed by atoms with E-state index in [1.807, 2.05) is 24.3 Å². The minimum atomic E-state index is 0.562. The molecule has 0 fully saturated rings. The summed E-state index contributed by atoms with van der Waals surface area (Å²) >= 11 is 0. The van der Waals surface area contributed by atoms with Crippen LogP contribution in [0, 0.1) is 0 Å². The third kappa shape index (κ3) is 1.93. The molecule has 1 aromatic heterocycles. The number of methoxy groups -OCH3 is 1. The monoisotopic (exact) mass is 213 g/mol. The Kier molecular flexibility index (Phi) is 2.96. The van der Waals surface area contributed by atoms with Gasteiger partial charge in [0.05, 0.1) is 7.11 Å². The summed E-state index contributed by atoms with van der Waals surface area (Å²) in [5.74, 6) is 0.562. The van der Waals surface area contributed by atoms with E-state index in [4.69, 9.17) is 4.74 Å². The van der Waals surface area contributed by atoms with Crippen molar-refractivity contribution < 1.29 is 9.53 Å². The summed E-state index contributed by atoms with van der Waals surface area (Å²) < 4.78 is 4.98. The summed E-state index contributed by atoms with van der Waals surface area (Å²) in [5, 5.41) is 0.